The predicted octanol–water partition coefficient (Wildman–Crippen LogP) is 5.78. The molecule has 0 aliphatic heterocycles. The molecule has 2 fully saturated rings. The third kappa shape index (κ3) is 3.40. The van der Waals surface area contributed by atoms with Gasteiger partial charge in [0.25, 0.3) is 0 Å². The van der Waals surface area contributed by atoms with Crippen LogP contribution in [-0.2, 0) is 9.63 Å². The third-order valence-electron chi connectivity index (χ3n) is 8.91. The average Bonchev–Trinajstić information content (AvgIpc) is 3.15. The van der Waals surface area contributed by atoms with Crippen LogP contribution in [0.2, 0.25) is 0 Å². The van der Waals surface area contributed by atoms with Gasteiger partial charge in [-0.15, -0.1) is 0 Å². The van der Waals surface area contributed by atoms with E-state index in [4.69, 9.17) is 9.25 Å². The van der Waals surface area contributed by atoms with Gasteiger partial charge in [-0.1, -0.05) is 56.3 Å². The summed E-state index contributed by atoms with van der Waals surface area (Å²) in [6.07, 6.45) is 1.84. The summed E-state index contributed by atoms with van der Waals surface area (Å²) in [6.45, 7) is 10.2. The van der Waals surface area contributed by atoms with Crippen molar-refractivity contribution in [1.29, 1.82) is 0 Å². The number of amides is 1. The summed E-state index contributed by atoms with van der Waals surface area (Å²) in [6, 6.07) is 14.4. The summed E-state index contributed by atoms with van der Waals surface area (Å²) < 4.78 is 5.25. The fourth-order valence-electron chi connectivity index (χ4n) is 5.98. The maximum Gasteiger partial charge on any atom is 0.373 e. The smallest absolute Gasteiger partial charge is 0.373 e. The van der Waals surface area contributed by atoms with Gasteiger partial charge in [-0.25, -0.2) is 9.59 Å². The topological polar surface area (TPSA) is 98.0 Å². The lowest BCUT2D eigenvalue weighted by Crippen LogP contribution is -2.43. The highest BCUT2D eigenvalue weighted by molar-refractivity contribution is 6.07. The molecule has 2 aliphatic rings. The van der Waals surface area contributed by atoms with Gasteiger partial charge in [0.2, 0.25) is 5.91 Å². The maximum absolute atomic E-state index is 13.8. The molecule has 7 heteroatoms. The molecule has 2 bridgehead atoms. The van der Waals surface area contributed by atoms with Crippen LogP contribution in [0.1, 0.15) is 61.5 Å². The van der Waals surface area contributed by atoms with Crippen molar-refractivity contribution >= 4 is 34.2 Å². The molecule has 1 heterocycles. The Morgan fingerprint density at radius 2 is 1.78 bits per heavy atom. The van der Waals surface area contributed by atoms with E-state index in [1.165, 1.54) is 6.07 Å². The molecule has 1 N–H and O–H groups in total. The zero-order valence-corrected chi connectivity index (χ0v) is 21.2. The van der Waals surface area contributed by atoms with Crippen LogP contribution in [0, 0.1) is 30.1 Å². The first-order valence-electron chi connectivity index (χ1n) is 12.2. The molecule has 2 saturated carbocycles. The van der Waals surface area contributed by atoms with Crippen LogP contribution in [0.25, 0.3) is 11.0 Å². The third-order valence-corrected chi connectivity index (χ3v) is 8.91. The molecule has 1 amide bonds. The van der Waals surface area contributed by atoms with Crippen LogP contribution in [0.15, 0.2) is 62.9 Å². The number of oxime groups is 1. The van der Waals surface area contributed by atoms with Crippen molar-refractivity contribution in [3.05, 3.63) is 75.6 Å². The Morgan fingerprint density at radius 1 is 1.03 bits per heavy atom. The summed E-state index contributed by atoms with van der Waals surface area (Å²) >= 11 is 0. The minimum absolute atomic E-state index is 0.0448. The zero-order valence-electron chi connectivity index (χ0n) is 21.2. The number of hydrogen-bond donors (Lipinski definition) is 1. The first-order chi connectivity index (χ1) is 17.0. The van der Waals surface area contributed by atoms with Gasteiger partial charge in [0, 0.05) is 22.9 Å². The Bertz CT molecular complexity index is 1500. The number of carbonyl (C=O) groups excluding carboxylic acids is 2. The number of rotatable bonds is 4. The Morgan fingerprint density at radius 3 is 2.56 bits per heavy atom. The van der Waals surface area contributed by atoms with Crippen molar-refractivity contribution < 1.29 is 18.8 Å². The van der Waals surface area contributed by atoms with Crippen LogP contribution in [-0.4, -0.2) is 17.6 Å². The van der Waals surface area contributed by atoms with Gasteiger partial charge in [-0.2, -0.15) is 0 Å². The fraction of sp³-hybridized carbons (Fsp3) is 0.379. The summed E-state index contributed by atoms with van der Waals surface area (Å²) in [5.74, 6) is -0.920. The van der Waals surface area contributed by atoms with Crippen molar-refractivity contribution in [1.82, 2.24) is 0 Å². The van der Waals surface area contributed by atoms with Gasteiger partial charge < -0.3 is 14.6 Å². The van der Waals surface area contributed by atoms with Crippen molar-refractivity contribution in [2.45, 2.75) is 53.9 Å². The number of para-hydroxylation sites is 1. The van der Waals surface area contributed by atoms with Crippen molar-refractivity contribution in [3.63, 3.8) is 0 Å². The molecule has 0 radical (unpaired) electrons. The second-order valence-corrected chi connectivity index (χ2v) is 10.9. The Hall–Kier alpha value is -3.74. The van der Waals surface area contributed by atoms with Crippen LogP contribution in [0.5, 0.6) is 0 Å². The number of nitrogens with one attached hydrogen (secondary N) is 1. The average molecular weight is 487 g/mol. The molecule has 7 nitrogen and oxygen atoms in total. The number of nitrogens with zero attached hydrogens (tertiary/aromatic N) is 1. The molecule has 186 valence electrons. The molecule has 36 heavy (non-hydrogen) atoms. The van der Waals surface area contributed by atoms with Crippen LogP contribution in [0.4, 0.5) is 5.69 Å². The SMILES string of the molecule is Cc1ccc(C)c(NC(=O)C23CCC(C)(/C(=N\OC(=O)c4cc5ccccc5oc4=O)C2)C3(C)C)c1. The van der Waals surface area contributed by atoms with Gasteiger partial charge in [0.1, 0.15) is 11.1 Å². The highest BCUT2D eigenvalue weighted by Gasteiger charge is 2.71. The molecular formula is C29H30N2O5. The molecule has 5 rings (SSSR count). The molecule has 2 atom stereocenters. The summed E-state index contributed by atoms with van der Waals surface area (Å²) in [4.78, 5) is 44.2. The quantitative estimate of drug-likeness (QED) is 0.286. The molecule has 2 aromatic carbocycles. The number of aryl methyl sites for hydroxylation is 2. The minimum atomic E-state index is -0.875. The normalized spacial score (nSPS) is 25.3. The molecule has 2 aliphatic carbocycles. The van der Waals surface area contributed by atoms with Gasteiger partial charge in [-0.05, 0) is 61.4 Å². The van der Waals surface area contributed by atoms with Crippen LogP contribution < -0.4 is 10.9 Å². The molecule has 3 aromatic rings. The minimum Gasteiger partial charge on any atom is -0.422 e. The second kappa shape index (κ2) is 8.15. The van der Waals surface area contributed by atoms with Crippen molar-refractivity contribution in [2.75, 3.05) is 5.32 Å². The number of carbonyl (C=O) groups is 2. The van der Waals surface area contributed by atoms with Gasteiger partial charge in [0.15, 0.2) is 0 Å². The molecular weight excluding hydrogens is 456 g/mol. The number of anilines is 1. The van der Waals surface area contributed by atoms with Crippen molar-refractivity contribution in [2.24, 2.45) is 21.4 Å². The molecule has 2 unspecified atom stereocenters. The second-order valence-electron chi connectivity index (χ2n) is 10.9. The van der Waals surface area contributed by atoms with E-state index in [0.29, 0.717) is 29.5 Å². The summed E-state index contributed by atoms with van der Waals surface area (Å²) in [5, 5.41) is 8.03. The fourth-order valence-corrected chi connectivity index (χ4v) is 5.98. The van der Waals surface area contributed by atoms with E-state index in [0.717, 1.165) is 23.2 Å². The first kappa shape index (κ1) is 24.0. The van der Waals surface area contributed by atoms with E-state index in [1.54, 1.807) is 24.3 Å². The van der Waals surface area contributed by atoms with Crippen molar-refractivity contribution in [3.8, 4) is 0 Å². The van der Waals surface area contributed by atoms with E-state index in [9.17, 15) is 14.4 Å². The lowest BCUT2D eigenvalue weighted by molar-refractivity contribution is -0.130. The Kier molecular flexibility index (Phi) is 5.43. The number of hydrogen-bond acceptors (Lipinski definition) is 6. The standard InChI is InChI=1S/C29H30N2O5/c1-17-10-11-18(2)21(14-17)30-26(34)29-13-12-28(5,27(29,3)4)23(16-29)31-36-25(33)20-15-19-8-6-7-9-22(19)35-24(20)32/h6-11,14-15H,12-13,16H2,1-5H3,(H,30,34)/b31-23-. The molecule has 0 spiro atoms. The van der Waals surface area contributed by atoms with E-state index in [-0.39, 0.29) is 11.5 Å². The highest BCUT2D eigenvalue weighted by atomic mass is 16.7. The van der Waals surface area contributed by atoms with E-state index in [1.807, 2.05) is 32.0 Å². The van der Waals surface area contributed by atoms with Crippen LogP contribution in [0.3, 0.4) is 0 Å². The first-order valence-corrected chi connectivity index (χ1v) is 12.2. The van der Waals surface area contributed by atoms with Gasteiger partial charge in [-0.3, -0.25) is 4.79 Å². The molecule has 0 saturated heterocycles. The lowest BCUT2D eigenvalue weighted by Gasteiger charge is -2.39. The largest absolute Gasteiger partial charge is 0.422 e. The van der Waals surface area contributed by atoms with E-state index < -0.39 is 27.8 Å². The molecule has 1 aromatic heterocycles. The number of fused-ring (bicyclic) bond motifs is 3. The van der Waals surface area contributed by atoms with Gasteiger partial charge in [0.05, 0.1) is 11.1 Å². The zero-order chi connectivity index (χ0) is 25.9. The van der Waals surface area contributed by atoms with E-state index >= 15 is 0 Å². The summed E-state index contributed by atoms with van der Waals surface area (Å²) in [5.41, 5.74) is 1.40. The summed E-state index contributed by atoms with van der Waals surface area (Å²) in [7, 11) is 0. The Balaban J connectivity index is 1.43. The lowest BCUT2D eigenvalue weighted by atomic mass is 9.64. The predicted molar refractivity (Wildman–Crippen MR) is 138 cm³/mol. The maximum atomic E-state index is 13.8. The van der Waals surface area contributed by atoms with Gasteiger partial charge >= 0.3 is 11.6 Å². The number of benzene rings is 2. The van der Waals surface area contributed by atoms with Crippen LogP contribution >= 0.6 is 0 Å². The highest BCUT2D eigenvalue weighted by Crippen LogP contribution is 2.71. The Labute approximate surface area is 209 Å². The monoisotopic (exact) mass is 486 g/mol. The van der Waals surface area contributed by atoms with E-state index in [2.05, 4.69) is 31.2 Å².